The number of rotatable bonds is 4. The smallest absolute Gasteiger partial charge is 0.111 e. The zero-order valence-electron chi connectivity index (χ0n) is 8.77. The van der Waals surface area contributed by atoms with Gasteiger partial charge >= 0.3 is 0 Å². The third-order valence-corrected chi connectivity index (χ3v) is 2.92. The van der Waals surface area contributed by atoms with E-state index in [-0.39, 0.29) is 0 Å². The summed E-state index contributed by atoms with van der Waals surface area (Å²) < 4.78 is 6.47. The monoisotopic (exact) mass is 277 g/mol. The second-order valence-electron chi connectivity index (χ2n) is 3.43. The van der Waals surface area contributed by atoms with Crippen LogP contribution < -0.4 is 0 Å². The van der Waals surface area contributed by atoms with Crippen LogP contribution in [0.15, 0.2) is 53.3 Å². The van der Waals surface area contributed by atoms with Crippen LogP contribution in [-0.4, -0.2) is 4.98 Å². The Morgan fingerprint density at radius 2 is 1.81 bits per heavy atom. The third kappa shape index (κ3) is 3.15. The first kappa shape index (κ1) is 11.3. The maximum Gasteiger partial charge on any atom is 0.111 e. The highest BCUT2D eigenvalue weighted by molar-refractivity contribution is 9.10. The molecule has 2 nitrogen and oxygen atoms in total. The summed E-state index contributed by atoms with van der Waals surface area (Å²) in [6.45, 7) is 1.20. The molecule has 0 radical (unpaired) electrons. The van der Waals surface area contributed by atoms with Gasteiger partial charge in [0.15, 0.2) is 0 Å². The van der Waals surface area contributed by atoms with Gasteiger partial charge in [0.05, 0.1) is 13.2 Å². The first-order valence-corrected chi connectivity index (χ1v) is 5.86. The number of ether oxygens (including phenoxy) is 1. The van der Waals surface area contributed by atoms with Gasteiger partial charge in [-0.1, -0.05) is 36.4 Å². The largest absolute Gasteiger partial charge is 0.372 e. The fraction of sp³-hybridized carbons (Fsp3) is 0.154. The molecule has 3 heteroatoms. The molecule has 0 saturated carbocycles. The predicted octanol–water partition coefficient (Wildman–Crippen LogP) is 3.56. The molecular weight excluding hydrogens is 266 g/mol. The minimum absolute atomic E-state index is 0.573. The molecule has 1 aromatic carbocycles. The van der Waals surface area contributed by atoms with E-state index >= 15 is 0 Å². The van der Waals surface area contributed by atoms with Gasteiger partial charge in [-0.25, -0.2) is 4.98 Å². The average Bonchev–Trinajstić information content (AvgIpc) is 2.33. The molecule has 0 spiro atoms. The molecule has 2 aromatic rings. The van der Waals surface area contributed by atoms with Crippen molar-refractivity contribution in [2.75, 3.05) is 0 Å². The highest BCUT2D eigenvalue weighted by Gasteiger charge is 1.99. The lowest BCUT2D eigenvalue weighted by Gasteiger charge is -2.05. The van der Waals surface area contributed by atoms with Crippen LogP contribution in [0, 0.1) is 0 Å². The Morgan fingerprint density at radius 1 is 1.00 bits per heavy atom. The number of benzene rings is 1. The Bertz CT molecular complexity index is 445. The molecule has 0 N–H and O–H groups in total. The maximum absolute atomic E-state index is 5.62. The average molecular weight is 278 g/mol. The van der Waals surface area contributed by atoms with Crippen molar-refractivity contribution in [3.05, 3.63) is 64.4 Å². The Hall–Kier alpha value is -1.19. The number of pyridine rings is 1. The standard InChI is InChI=1S/C13H12BrNO/c14-13-12(7-4-8-15-13)10-16-9-11-5-2-1-3-6-11/h1-8H,9-10H2. The molecule has 0 atom stereocenters. The zero-order valence-corrected chi connectivity index (χ0v) is 10.4. The summed E-state index contributed by atoms with van der Waals surface area (Å²) in [5, 5.41) is 0. The van der Waals surface area contributed by atoms with Gasteiger partial charge in [-0.2, -0.15) is 0 Å². The lowest BCUT2D eigenvalue weighted by atomic mass is 10.2. The van der Waals surface area contributed by atoms with Gasteiger partial charge < -0.3 is 4.74 Å². The fourth-order valence-corrected chi connectivity index (χ4v) is 1.74. The third-order valence-electron chi connectivity index (χ3n) is 2.21. The summed E-state index contributed by atoms with van der Waals surface area (Å²) in [5.74, 6) is 0. The van der Waals surface area contributed by atoms with E-state index in [1.165, 1.54) is 5.56 Å². The van der Waals surface area contributed by atoms with Crippen LogP contribution in [0.25, 0.3) is 0 Å². The Kier molecular flexibility index (Phi) is 4.08. The van der Waals surface area contributed by atoms with Crippen LogP contribution in [0.5, 0.6) is 0 Å². The summed E-state index contributed by atoms with van der Waals surface area (Å²) in [5.41, 5.74) is 2.25. The van der Waals surface area contributed by atoms with Crippen LogP contribution in [0.1, 0.15) is 11.1 Å². The zero-order chi connectivity index (χ0) is 11.2. The minimum Gasteiger partial charge on any atom is -0.372 e. The summed E-state index contributed by atoms with van der Waals surface area (Å²) in [4.78, 5) is 4.14. The van der Waals surface area contributed by atoms with Crippen molar-refractivity contribution >= 4 is 15.9 Å². The van der Waals surface area contributed by atoms with Crippen LogP contribution in [0.4, 0.5) is 0 Å². The first-order chi connectivity index (χ1) is 7.86. The van der Waals surface area contributed by atoms with E-state index in [4.69, 9.17) is 4.74 Å². The molecule has 82 valence electrons. The van der Waals surface area contributed by atoms with Crippen molar-refractivity contribution in [3.8, 4) is 0 Å². The SMILES string of the molecule is Brc1ncccc1COCc1ccccc1. The highest BCUT2D eigenvalue weighted by atomic mass is 79.9. The Labute approximate surface area is 103 Å². The number of halogens is 1. The van der Waals surface area contributed by atoms with Crippen LogP contribution in [-0.2, 0) is 18.0 Å². The molecule has 0 aliphatic heterocycles. The van der Waals surface area contributed by atoms with E-state index < -0.39 is 0 Å². The van der Waals surface area contributed by atoms with Crippen LogP contribution in [0.3, 0.4) is 0 Å². The van der Waals surface area contributed by atoms with Crippen LogP contribution in [0.2, 0.25) is 0 Å². The second-order valence-corrected chi connectivity index (χ2v) is 4.18. The van der Waals surface area contributed by atoms with E-state index in [0.29, 0.717) is 13.2 Å². The van der Waals surface area contributed by atoms with Crippen molar-refractivity contribution < 1.29 is 4.74 Å². The maximum atomic E-state index is 5.62. The predicted molar refractivity (Wildman–Crippen MR) is 66.9 cm³/mol. The Balaban J connectivity index is 1.87. The van der Waals surface area contributed by atoms with Gasteiger partial charge in [0, 0.05) is 11.8 Å². The topological polar surface area (TPSA) is 22.1 Å². The second kappa shape index (κ2) is 5.77. The van der Waals surface area contributed by atoms with Gasteiger partial charge in [0.2, 0.25) is 0 Å². The number of hydrogen-bond acceptors (Lipinski definition) is 2. The van der Waals surface area contributed by atoms with E-state index in [1.807, 2.05) is 30.3 Å². The summed E-state index contributed by atoms with van der Waals surface area (Å²) in [7, 11) is 0. The molecule has 0 aliphatic carbocycles. The molecule has 0 bridgehead atoms. The lowest BCUT2D eigenvalue weighted by molar-refractivity contribution is 0.106. The molecule has 2 rings (SSSR count). The van der Waals surface area contributed by atoms with Gasteiger partial charge in [0.25, 0.3) is 0 Å². The van der Waals surface area contributed by atoms with Gasteiger partial charge in [-0.05, 0) is 27.6 Å². The quantitative estimate of drug-likeness (QED) is 0.798. The molecule has 1 heterocycles. The van der Waals surface area contributed by atoms with E-state index in [9.17, 15) is 0 Å². The van der Waals surface area contributed by atoms with Crippen molar-refractivity contribution in [1.29, 1.82) is 0 Å². The molecule has 0 fully saturated rings. The molecule has 1 aromatic heterocycles. The molecule has 0 amide bonds. The molecule has 0 unspecified atom stereocenters. The fourth-order valence-electron chi connectivity index (χ4n) is 1.38. The lowest BCUT2D eigenvalue weighted by Crippen LogP contribution is -1.95. The first-order valence-electron chi connectivity index (χ1n) is 5.07. The number of aromatic nitrogens is 1. The highest BCUT2D eigenvalue weighted by Crippen LogP contribution is 2.14. The molecule has 16 heavy (non-hydrogen) atoms. The minimum atomic E-state index is 0.573. The molecule has 0 saturated heterocycles. The van der Waals surface area contributed by atoms with Gasteiger partial charge in [-0.15, -0.1) is 0 Å². The van der Waals surface area contributed by atoms with E-state index in [1.54, 1.807) is 6.20 Å². The molecular formula is C13H12BrNO. The summed E-state index contributed by atoms with van der Waals surface area (Å²) >= 11 is 3.39. The van der Waals surface area contributed by atoms with Crippen LogP contribution >= 0.6 is 15.9 Å². The van der Waals surface area contributed by atoms with Gasteiger partial charge in [0.1, 0.15) is 4.60 Å². The number of nitrogens with zero attached hydrogens (tertiary/aromatic N) is 1. The normalized spacial score (nSPS) is 10.3. The van der Waals surface area contributed by atoms with Crippen molar-refractivity contribution in [3.63, 3.8) is 0 Å². The molecule has 0 aliphatic rings. The van der Waals surface area contributed by atoms with Crippen molar-refractivity contribution in [2.24, 2.45) is 0 Å². The van der Waals surface area contributed by atoms with Crippen molar-refractivity contribution in [2.45, 2.75) is 13.2 Å². The van der Waals surface area contributed by atoms with Crippen molar-refractivity contribution in [1.82, 2.24) is 4.98 Å². The van der Waals surface area contributed by atoms with E-state index in [0.717, 1.165) is 10.2 Å². The summed E-state index contributed by atoms with van der Waals surface area (Å²) in [6.07, 6.45) is 1.75. The van der Waals surface area contributed by atoms with E-state index in [2.05, 4.69) is 33.0 Å². The number of hydrogen-bond donors (Lipinski definition) is 0. The van der Waals surface area contributed by atoms with Gasteiger partial charge in [-0.3, -0.25) is 0 Å². The Morgan fingerprint density at radius 3 is 2.56 bits per heavy atom. The summed E-state index contributed by atoms with van der Waals surface area (Å²) in [6, 6.07) is 14.0.